The topological polar surface area (TPSA) is 97.5 Å². The van der Waals surface area contributed by atoms with Crippen LogP contribution in [0.2, 0.25) is 0 Å². The fourth-order valence-corrected chi connectivity index (χ4v) is 5.12. The van der Waals surface area contributed by atoms with Gasteiger partial charge in [0.05, 0.1) is 15.4 Å². The lowest BCUT2D eigenvalue weighted by Crippen LogP contribution is -2.18. The van der Waals surface area contributed by atoms with Crippen molar-refractivity contribution >= 4 is 21.5 Å². The smallest absolute Gasteiger partial charge is 0.337 e. The number of hydrogen-bond donors (Lipinski definition) is 2. The summed E-state index contributed by atoms with van der Waals surface area (Å²) in [7, 11) is -4.24. The maximum Gasteiger partial charge on any atom is 0.337 e. The molecular formula is C22H20FNO4S. The largest absolute Gasteiger partial charge is 0.478 e. The summed E-state index contributed by atoms with van der Waals surface area (Å²) < 4.78 is 39.9. The maximum atomic E-state index is 13.3. The van der Waals surface area contributed by atoms with Crippen LogP contribution >= 0.6 is 0 Å². The van der Waals surface area contributed by atoms with Crippen molar-refractivity contribution in [3.05, 3.63) is 88.2 Å². The second-order valence-electron chi connectivity index (χ2n) is 6.77. The highest BCUT2D eigenvalue weighted by molar-refractivity contribution is 7.91. The summed E-state index contributed by atoms with van der Waals surface area (Å²) in [5, 5.41) is 9.95. The molecule has 3 aromatic carbocycles. The molecule has 5 nitrogen and oxygen atoms in total. The van der Waals surface area contributed by atoms with Crippen molar-refractivity contribution in [2.45, 2.75) is 30.1 Å². The number of benzene rings is 3. The molecule has 0 fully saturated rings. The van der Waals surface area contributed by atoms with Crippen LogP contribution in [-0.4, -0.2) is 19.5 Å². The number of anilines is 1. The zero-order valence-corrected chi connectivity index (χ0v) is 16.8. The Labute approximate surface area is 168 Å². The Balaban J connectivity index is 2.34. The van der Waals surface area contributed by atoms with Crippen LogP contribution < -0.4 is 5.73 Å². The highest BCUT2D eigenvalue weighted by Gasteiger charge is 2.32. The number of carboxylic acid groups (broad SMARTS) is 1. The fourth-order valence-electron chi connectivity index (χ4n) is 3.39. The van der Waals surface area contributed by atoms with Gasteiger partial charge in [0.25, 0.3) is 0 Å². The predicted octanol–water partition coefficient (Wildman–Crippen LogP) is 4.15. The lowest BCUT2D eigenvalue weighted by Gasteiger charge is -2.20. The lowest BCUT2D eigenvalue weighted by atomic mass is 9.92. The molecule has 0 saturated carbocycles. The van der Waals surface area contributed by atoms with E-state index in [1.54, 1.807) is 6.92 Å². The van der Waals surface area contributed by atoms with Gasteiger partial charge in [-0.05, 0) is 66.8 Å². The van der Waals surface area contributed by atoms with Crippen LogP contribution in [0.5, 0.6) is 0 Å². The average Bonchev–Trinajstić information content (AvgIpc) is 2.68. The molecule has 0 saturated heterocycles. The van der Waals surface area contributed by atoms with Gasteiger partial charge < -0.3 is 10.8 Å². The summed E-state index contributed by atoms with van der Waals surface area (Å²) >= 11 is 0. The van der Waals surface area contributed by atoms with Gasteiger partial charge in [0.1, 0.15) is 5.82 Å². The molecule has 0 radical (unpaired) electrons. The van der Waals surface area contributed by atoms with E-state index in [1.807, 2.05) is 30.3 Å². The molecule has 0 atom stereocenters. The van der Waals surface area contributed by atoms with Gasteiger partial charge in [-0.25, -0.2) is 17.6 Å². The van der Waals surface area contributed by atoms with Crippen LogP contribution in [0.4, 0.5) is 10.1 Å². The van der Waals surface area contributed by atoms with Gasteiger partial charge >= 0.3 is 5.97 Å². The van der Waals surface area contributed by atoms with Gasteiger partial charge in [-0.1, -0.05) is 30.3 Å². The van der Waals surface area contributed by atoms with E-state index >= 15 is 0 Å². The van der Waals surface area contributed by atoms with E-state index < -0.39 is 21.6 Å². The van der Waals surface area contributed by atoms with Crippen LogP contribution in [0.3, 0.4) is 0 Å². The first-order chi connectivity index (χ1) is 13.6. The number of sulfone groups is 1. The van der Waals surface area contributed by atoms with Gasteiger partial charge in [0.15, 0.2) is 0 Å². The number of aromatic carboxylic acids is 1. The van der Waals surface area contributed by atoms with Crippen molar-refractivity contribution in [1.29, 1.82) is 0 Å². The molecule has 0 bridgehead atoms. The number of hydrogen-bond acceptors (Lipinski definition) is 4. The molecule has 0 aliphatic carbocycles. The molecule has 0 heterocycles. The average molecular weight is 413 g/mol. The van der Waals surface area contributed by atoms with Gasteiger partial charge in [-0.15, -0.1) is 0 Å². The first-order valence-corrected chi connectivity index (χ1v) is 10.3. The predicted molar refractivity (Wildman–Crippen MR) is 108 cm³/mol. The zero-order chi connectivity index (χ0) is 21.3. The molecule has 0 unspecified atom stereocenters. The van der Waals surface area contributed by atoms with Gasteiger partial charge in [-0.2, -0.15) is 0 Å². The van der Waals surface area contributed by atoms with Crippen molar-refractivity contribution in [3.8, 4) is 0 Å². The van der Waals surface area contributed by atoms with E-state index in [-0.39, 0.29) is 33.0 Å². The summed E-state index contributed by atoms with van der Waals surface area (Å²) in [6.45, 7) is 3.17. The van der Waals surface area contributed by atoms with Crippen LogP contribution in [-0.2, 0) is 16.3 Å². The van der Waals surface area contributed by atoms with Crippen molar-refractivity contribution in [2.24, 2.45) is 0 Å². The second kappa shape index (κ2) is 7.67. The first-order valence-electron chi connectivity index (χ1n) is 8.84. The molecule has 0 aliphatic heterocycles. The Morgan fingerprint density at radius 3 is 2.14 bits per heavy atom. The third-order valence-corrected chi connectivity index (χ3v) is 6.90. The second-order valence-corrected chi connectivity index (χ2v) is 8.66. The minimum absolute atomic E-state index is 0.168. The molecule has 150 valence electrons. The summed E-state index contributed by atoms with van der Waals surface area (Å²) in [6, 6.07) is 13.4. The van der Waals surface area contributed by atoms with Gasteiger partial charge in [0, 0.05) is 5.69 Å². The minimum atomic E-state index is -4.24. The lowest BCUT2D eigenvalue weighted by molar-refractivity contribution is 0.0691. The monoisotopic (exact) mass is 413 g/mol. The SMILES string of the molecule is Cc1c(N)c(C)c(S(=O)(=O)c2ccc(F)cc2)c(C(=O)O)c1Cc1ccccc1. The van der Waals surface area contributed by atoms with Crippen LogP contribution in [0.15, 0.2) is 64.4 Å². The Bertz CT molecular complexity index is 1190. The molecule has 29 heavy (non-hydrogen) atoms. The number of nitrogens with two attached hydrogens (primary N) is 1. The Hall–Kier alpha value is -3.19. The van der Waals surface area contributed by atoms with Gasteiger partial charge in [-0.3, -0.25) is 0 Å². The highest BCUT2D eigenvalue weighted by atomic mass is 32.2. The summed E-state index contributed by atoms with van der Waals surface area (Å²) in [5.74, 6) is -1.95. The number of nitrogen functional groups attached to an aromatic ring is 1. The molecule has 7 heteroatoms. The van der Waals surface area contributed by atoms with E-state index in [9.17, 15) is 22.7 Å². The van der Waals surface area contributed by atoms with E-state index in [0.29, 0.717) is 11.1 Å². The van der Waals surface area contributed by atoms with Gasteiger partial charge in [0.2, 0.25) is 9.84 Å². The number of rotatable bonds is 5. The summed E-state index contributed by atoms with van der Waals surface area (Å²) in [5.41, 5.74) is 7.97. The number of carboxylic acids is 1. The van der Waals surface area contributed by atoms with Crippen LogP contribution in [0, 0.1) is 19.7 Å². The van der Waals surface area contributed by atoms with Crippen molar-refractivity contribution in [3.63, 3.8) is 0 Å². The number of carbonyl (C=O) groups is 1. The maximum absolute atomic E-state index is 13.3. The van der Waals surface area contributed by atoms with Crippen molar-refractivity contribution in [1.82, 2.24) is 0 Å². The Kier molecular flexibility index (Phi) is 5.44. The zero-order valence-electron chi connectivity index (χ0n) is 15.9. The molecule has 3 rings (SSSR count). The quantitative estimate of drug-likeness (QED) is 0.484. The molecule has 0 amide bonds. The molecule has 3 N–H and O–H groups in total. The van der Waals surface area contributed by atoms with E-state index in [2.05, 4.69) is 0 Å². The molecule has 3 aromatic rings. The number of halogens is 1. The fraction of sp³-hybridized carbons (Fsp3) is 0.136. The molecule has 0 spiro atoms. The third-order valence-electron chi connectivity index (χ3n) is 4.96. The highest BCUT2D eigenvalue weighted by Crippen LogP contribution is 2.37. The van der Waals surface area contributed by atoms with Crippen molar-refractivity contribution in [2.75, 3.05) is 5.73 Å². The Morgan fingerprint density at radius 1 is 1.00 bits per heavy atom. The molecule has 0 aromatic heterocycles. The van der Waals surface area contributed by atoms with Crippen molar-refractivity contribution < 1.29 is 22.7 Å². The van der Waals surface area contributed by atoms with Crippen LogP contribution in [0.25, 0.3) is 0 Å². The normalized spacial score (nSPS) is 11.4. The van der Waals surface area contributed by atoms with E-state index in [4.69, 9.17) is 5.73 Å². The minimum Gasteiger partial charge on any atom is -0.478 e. The first kappa shape index (κ1) is 20.5. The van der Waals surface area contributed by atoms with E-state index in [1.165, 1.54) is 6.92 Å². The standard InChI is InChI=1S/C22H20FNO4S/c1-13-18(12-15-6-4-3-5-7-15)19(22(25)26)21(14(2)20(13)24)29(27,28)17-10-8-16(23)9-11-17/h3-11H,12,24H2,1-2H3,(H,25,26). The third kappa shape index (κ3) is 3.73. The Morgan fingerprint density at radius 2 is 1.59 bits per heavy atom. The van der Waals surface area contributed by atoms with E-state index in [0.717, 1.165) is 29.8 Å². The van der Waals surface area contributed by atoms with Crippen LogP contribution in [0.1, 0.15) is 32.6 Å². The molecular weight excluding hydrogens is 393 g/mol. The molecule has 0 aliphatic rings. The summed E-state index contributed by atoms with van der Waals surface area (Å²) in [4.78, 5) is 11.7. The summed E-state index contributed by atoms with van der Waals surface area (Å²) in [6.07, 6.45) is 0.213.